The molecule has 0 aliphatic carbocycles. The number of benzene rings is 1. The SMILES string of the molecule is CN(C(=O)COc1ccc(O)cc1)C1CC2CCC(C1)N2.Cl. The van der Waals surface area contributed by atoms with Gasteiger partial charge in [0.15, 0.2) is 6.61 Å². The van der Waals surface area contributed by atoms with Gasteiger partial charge in [-0.3, -0.25) is 4.79 Å². The van der Waals surface area contributed by atoms with Crippen LogP contribution in [0, 0.1) is 0 Å². The lowest BCUT2D eigenvalue weighted by molar-refractivity contribution is -0.134. The second-order valence-corrected chi connectivity index (χ2v) is 6.05. The average molecular weight is 327 g/mol. The van der Waals surface area contributed by atoms with Crippen molar-refractivity contribution in [1.82, 2.24) is 10.2 Å². The van der Waals surface area contributed by atoms with Crippen molar-refractivity contribution in [3.8, 4) is 11.5 Å². The molecule has 0 spiro atoms. The molecule has 3 rings (SSSR count). The summed E-state index contributed by atoms with van der Waals surface area (Å²) in [4.78, 5) is 14.1. The summed E-state index contributed by atoms with van der Waals surface area (Å²) in [6.45, 7) is 0.0422. The lowest BCUT2D eigenvalue weighted by atomic mass is 9.98. The molecular weight excluding hydrogens is 304 g/mol. The number of fused-ring (bicyclic) bond motifs is 2. The number of rotatable bonds is 4. The topological polar surface area (TPSA) is 61.8 Å². The van der Waals surface area contributed by atoms with E-state index in [1.165, 1.54) is 12.8 Å². The molecule has 22 heavy (non-hydrogen) atoms. The highest BCUT2D eigenvalue weighted by atomic mass is 35.5. The van der Waals surface area contributed by atoms with E-state index in [0.717, 1.165) is 12.8 Å². The molecule has 2 aliphatic rings. The second kappa shape index (κ2) is 7.20. The number of likely N-dealkylation sites (N-methyl/N-ethyl adjacent to an activating group) is 1. The van der Waals surface area contributed by atoms with Crippen molar-refractivity contribution < 1.29 is 14.6 Å². The second-order valence-electron chi connectivity index (χ2n) is 6.05. The van der Waals surface area contributed by atoms with Gasteiger partial charge in [0.1, 0.15) is 11.5 Å². The number of nitrogens with zero attached hydrogens (tertiary/aromatic N) is 1. The fourth-order valence-electron chi connectivity index (χ4n) is 3.34. The Morgan fingerprint density at radius 2 is 1.86 bits per heavy atom. The largest absolute Gasteiger partial charge is 0.508 e. The van der Waals surface area contributed by atoms with Gasteiger partial charge in [-0.1, -0.05) is 0 Å². The number of phenolic OH excluding ortho intramolecular Hbond substituents is 1. The molecule has 2 aliphatic heterocycles. The fourth-order valence-corrected chi connectivity index (χ4v) is 3.34. The summed E-state index contributed by atoms with van der Waals surface area (Å²) in [5.74, 6) is 0.797. The van der Waals surface area contributed by atoms with Gasteiger partial charge in [-0.25, -0.2) is 0 Å². The smallest absolute Gasteiger partial charge is 0.260 e. The summed E-state index contributed by atoms with van der Waals surface area (Å²) in [5.41, 5.74) is 0. The molecular formula is C16H23ClN2O3. The molecule has 2 N–H and O–H groups in total. The molecule has 122 valence electrons. The van der Waals surface area contributed by atoms with E-state index >= 15 is 0 Å². The van der Waals surface area contributed by atoms with Gasteiger partial charge in [-0.15, -0.1) is 12.4 Å². The van der Waals surface area contributed by atoms with E-state index in [4.69, 9.17) is 4.74 Å². The summed E-state index contributed by atoms with van der Waals surface area (Å²) in [7, 11) is 1.87. The van der Waals surface area contributed by atoms with Crippen LogP contribution in [0.25, 0.3) is 0 Å². The molecule has 0 aromatic heterocycles. The van der Waals surface area contributed by atoms with Crippen LogP contribution < -0.4 is 10.1 Å². The highest BCUT2D eigenvalue weighted by Gasteiger charge is 2.36. The van der Waals surface area contributed by atoms with E-state index in [0.29, 0.717) is 23.9 Å². The Labute approximate surface area is 137 Å². The Morgan fingerprint density at radius 1 is 1.27 bits per heavy atom. The third-order valence-electron chi connectivity index (χ3n) is 4.59. The minimum absolute atomic E-state index is 0. The van der Waals surface area contributed by atoms with Crippen LogP contribution in [0.5, 0.6) is 11.5 Å². The molecule has 6 heteroatoms. The van der Waals surface area contributed by atoms with E-state index < -0.39 is 0 Å². The number of piperidine rings is 1. The van der Waals surface area contributed by atoms with Crippen molar-refractivity contribution in [2.75, 3.05) is 13.7 Å². The van der Waals surface area contributed by atoms with Gasteiger partial charge in [0.05, 0.1) is 0 Å². The zero-order valence-corrected chi connectivity index (χ0v) is 13.5. The normalized spacial score (nSPS) is 26.1. The zero-order chi connectivity index (χ0) is 14.8. The number of phenols is 1. The zero-order valence-electron chi connectivity index (χ0n) is 12.7. The molecule has 1 aromatic carbocycles. The number of hydrogen-bond acceptors (Lipinski definition) is 4. The predicted octanol–water partition coefficient (Wildman–Crippen LogP) is 1.93. The molecule has 2 saturated heterocycles. The molecule has 2 bridgehead atoms. The van der Waals surface area contributed by atoms with E-state index in [9.17, 15) is 9.90 Å². The van der Waals surface area contributed by atoms with Crippen LogP contribution in [0.4, 0.5) is 0 Å². The van der Waals surface area contributed by atoms with Gasteiger partial charge in [0.2, 0.25) is 0 Å². The number of amides is 1. The number of halogens is 1. The summed E-state index contributed by atoms with van der Waals surface area (Å²) in [5, 5.41) is 12.8. The maximum Gasteiger partial charge on any atom is 0.260 e. The molecule has 2 unspecified atom stereocenters. The van der Waals surface area contributed by atoms with Crippen molar-refractivity contribution in [2.24, 2.45) is 0 Å². The standard InChI is InChI=1S/C16H22N2O3.ClH/c1-18(13-8-11-2-3-12(9-13)17-11)16(20)10-21-15-6-4-14(19)5-7-15;/h4-7,11-13,17,19H,2-3,8-10H2,1H3;1H. The Balaban J connectivity index is 0.00000176. The molecule has 1 amide bonds. The molecule has 0 saturated carbocycles. The minimum atomic E-state index is 0. The van der Waals surface area contributed by atoms with Gasteiger partial charge in [-0.05, 0) is 49.9 Å². The van der Waals surface area contributed by atoms with Crippen molar-refractivity contribution in [3.05, 3.63) is 24.3 Å². The van der Waals surface area contributed by atoms with Crippen LogP contribution in [-0.4, -0.2) is 47.7 Å². The Kier molecular flexibility index (Phi) is 5.53. The highest BCUT2D eigenvalue weighted by Crippen LogP contribution is 2.29. The van der Waals surface area contributed by atoms with Crippen LogP contribution in [0.2, 0.25) is 0 Å². The van der Waals surface area contributed by atoms with Crippen LogP contribution in [0.15, 0.2) is 24.3 Å². The van der Waals surface area contributed by atoms with Crippen molar-refractivity contribution in [1.29, 1.82) is 0 Å². The summed E-state index contributed by atoms with van der Waals surface area (Å²) in [6, 6.07) is 7.88. The number of aromatic hydroxyl groups is 1. The number of hydrogen-bond donors (Lipinski definition) is 2. The first kappa shape index (κ1) is 16.9. The molecule has 2 atom stereocenters. The molecule has 2 fully saturated rings. The molecule has 0 radical (unpaired) electrons. The van der Waals surface area contributed by atoms with Gasteiger partial charge < -0.3 is 20.1 Å². The van der Waals surface area contributed by atoms with Gasteiger partial charge in [0, 0.05) is 25.2 Å². The number of ether oxygens (including phenoxy) is 1. The van der Waals surface area contributed by atoms with E-state index in [1.54, 1.807) is 24.3 Å². The van der Waals surface area contributed by atoms with Crippen molar-refractivity contribution >= 4 is 18.3 Å². The van der Waals surface area contributed by atoms with E-state index in [-0.39, 0.29) is 30.7 Å². The van der Waals surface area contributed by atoms with E-state index in [1.807, 2.05) is 11.9 Å². The molecule has 1 aromatic rings. The van der Waals surface area contributed by atoms with Crippen LogP contribution >= 0.6 is 12.4 Å². The fraction of sp³-hybridized carbons (Fsp3) is 0.562. The van der Waals surface area contributed by atoms with Crippen molar-refractivity contribution in [3.63, 3.8) is 0 Å². The predicted molar refractivity (Wildman–Crippen MR) is 86.6 cm³/mol. The highest BCUT2D eigenvalue weighted by molar-refractivity contribution is 5.85. The number of carbonyl (C=O) groups excluding carboxylic acids is 1. The van der Waals surface area contributed by atoms with Crippen LogP contribution in [0.3, 0.4) is 0 Å². The molecule has 5 nitrogen and oxygen atoms in total. The first-order valence-corrected chi connectivity index (χ1v) is 7.55. The first-order chi connectivity index (χ1) is 10.1. The first-order valence-electron chi connectivity index (χ1n) is 7.55. The Morgan fingerprint density at radius 3 is 2.45 bits per heavy atom. The van der Waals surface area contributed by atoms with Crippen LogP contribution in [-0.2, 0) is 4.79 Å². The quantitative estimate of drug-likeness (QED) is 0.887. The Hall–Kier alpha value is -1.46. The summed E-state index contributed by atoms with van der Waals surface area (Å²) < 4.78 is 5.49. The number of nitrogens with one attached hydrogen (secondary N) is 1. The lowest BCUT2D eigenvalue weighted by Crippen LogP contribution is -2.49. The maximum absolute atomic E-state index is 12.2. The molecule has 2 heterocycles. The number of carbonyl (C=O) groups is 1. The summed E-state index contributed by atoms with van der Waals surface area (Å²) >= 11 is 0. The third kappa shape index (κ3) is 3.84. The third-order valence-corrected chi connectivity index (χ3v) is 4.59. The van der Waals surface area contributed by atoms with Gasteiger partial charge in [0.25, 0.3) is 5.91 Å². The van der Waals surface area contributed by atoms with Gasteiger partial charge >= 0.3 is 0 Å². The maximum atomic E-state index is 12.2. The van der Waals surface area contributed by atoms with Gasteiger partial charge in [-0.2, -0.15) is 0 Å². The Bertz CT molecular complexity index is 497. The minimum Gasteiger partial charge on any atom is -0.508 e. The average Bonchev–Trinajstić information content (AvgIpc) is 2.84. The van der Waals surface area contributed by atoms with E-state index in [2.05, 4.69) is 5.32 Å². The lowest BCUT2D eigenvalue weighted by Gasteiger charge is -2.35. The van der Waals surface area contributed by atoms with Crippen molar-refractivity contribution in [2.45, 2.75) is 43.8 Å². The summed E-state index contributed by atoms with van der Waals surface area (Å²) in [6.07, 6.45) is 4.54. The monoisotopic (exact) mass is 326 g/mol. The van der Waals surface area contributed by atoms with Crippen LogP contribution in [0.1, 0.15) is 25.7 Å².